The Bertz CT molecular complexity index is 662. The fraction of sp³-hybridized carbons (Fsp3) is 0.632. The molecule has 0 radical (unpaired) electrons. The number of halogens is 5. The van der Waals surface area contributed by atoms with Crippen molar-refractivity contribution >= 4 is 30.7 Å². The number of nitrogens with zero attached hydrogens (tertiary/aromatic N) is 2. The highest BCUT2D eigenvalue weighted by Crippen LogP contribution is 2.30. The van der Waals surface area contributed by atoms with Crippen LogP contribution in [0.1, 0.15) is 24.0 Å². The molecule has 3 rings (SSSR count). The minimum atomic E-state index is -4.33. The largest absolute Gasteiger partial charge is 0.416 e. The average Bonchev–Trinajstić information content (AvgIpc) is 2.68. The Morgan fingerprint density at radius 3 is 2.31 bits per heavy atom. The lowest BCUT2D eigenvalue weighted by Crippen LogP contribution is -2.59. The van der Waals surface area contributed by atoms with Crippen molar-refractivity contribution in [2.75, 3.05) is 46.4 Å². The number of rotatable bonds is 4. The van der Waals surface area contributed by atoms with Crippen LogP contribution in [0, 0.1) is 0 Å². The molecule has 29 heavy (non-hydrogen) atoms. The standard InChI is InChI=1S/C19H26F3N3O2.2ClH/c1-27-18(5-7-23-8-6-18)17(26)25-11-9-24(10-12-25)14-15-3-2-4-16(13-15)19(20,21)22;;/h2-4,13,23H,5-12,14H2,1H3;2*1H. The van der Waals surface area contributed by atoms with E-state index >= 15 is 0 Å². The van der Waals surface area contributed by atoms with Crippen LogP contribution in [-0.2, 0) is 22.3 Å². The van der Waals surface area contributed by atoms with Gasteiger partial charge in [0, 0.05) is 39.8 Å². The zero-order valence-corrected chi connectivity index (χ0v) is 18.0. The summed E-state index contributed by atoms with van der Waals surface area (Å²) in [5.74, 6) is 0.0326. The van der Waals surface area contributed by atoms with Gasteiger partial charge < -0.3 is 15.0 Å². The Hall–Kier alpha value is -1.06. The smallest absolute Gasteiger partial charge is 0.368 e. The predicted molar refractivity (Wildman–Crippen MR) is 110 cm³/mol. The van der Waals surface area contributed by atoms with Crippen LogP contribution in [0.5, 0.6) is 0 Å². The van der Waals surface area contributed by atoms with Crippen molar-refractivity contribution in [1.29, 1.82) is 0 Å². The summed E-state index contributed by atoms with van der Waals surface area (Å²) in [7, 11) is 1.59. The lowest BCUT2D eigenvalue weighted by molar-refractivity contribution is -0.160. The van der Waals surface area contributed by atoms with Gasteiger partial charge in [0.15, 0.2) is 0 Å². The van der Waals surface area contributed by atoms with E-state index in [1.165, 1.54) is 12.1 Å². The van der Waals surface area contributed by atoms with Gasteiger partial charge in [-0.05, 0) is 37.6 Å². The molecule has 0 aliphatic carbocycles. The van der Waals surface area contributed by atoms with E-state index in [0.717, 1.165) is 19.2 Å². The number of hydrogen-bond donors (Lipinski definition) is 1. The SMILES string of the molecule is COC1(C(=O)N2CCN(Cc3cccc(C(F)(F)F)c3)CC2)CCNCC1.Cl.Cl. The van der Waals surface area contributed by atoms with Crippen LogP contribution in [0.25, 0.3) is 0 Å². The van der Waals surface area contributed by atoms with Gasteiger partial charge in [-0.3, -0.25) is 9.69 Å². The molecule has 0 unspecified atom stereocenters. The van der Waals surface area contributed by atoms with E-state index in [-0.39, 0.29) is 30.7 Å². The van der Waals surface area contributed by atoms with Gasteiger partial charge >= 0.3 is 6.18 Å². The number of piperazine rings is 1. The molecule has 10 heteroatoms. The van der Waals surface area contributed by atoms with E-state index in [4.69, 9.17) is 4.74 Å². The lowest BCUT2D eigenvalue weighted by atomic mass is 9.90. The molecule has 0 bridgehead atoms. The monoisotopic (exact) mass is 457 g/mol. The Morgan fingerprint density at radius 1 is 1.14 bits per heavy atom. The van der Waals surface area contributed by atoms with E-state index in [1.807, 2.05) is 4.90 Å². The highest BCUT2D eigenvalue weighted by molar-refractivity contribution is 5.86. The summed E-state index contributed by atoms with van der Waals surface area (Å²) in [5.41, 5.74) is -0.729. The number of benzene rings is 1. The van der Waals surface area contributed by atoms with Gasteiger partial charge in [0.2, 0.25) is 0 Å². The van der Waals surface area contributed by atoms with Crippen molar-refractivity contribution in [2.45, 2.75) is 31.2 Å². The van der Waals surface area contributed by atoms with Crippen LogP contribution in [-0.4, -0.2) is 67.7 Å². The molecule has 1 aromatic carbocycles. The van der Waals surface area contributed by atoms with Crippen molar-refractivity contribution < 1.29 is 22.7 Å². The number of piperidine rings is 1. The van der Waals surface area contributed by atoms with Crippen LogP contribution < -0.4 is 5.32 Å². The topological polar surface area (TPSA) is 44.8 Å². The molecule has 0 aromatic heterocycles. The van der Waals surface area contributed by atoms with Gasteiger partial charge in [-0.15, -0.1) is 24.8 Å². The summed E-state index contributed by atoms with van der Waals surface area (Å²) in [6, 6.07) is 5.44. The van der Waals surface area contributed by atoms with Crippen LogP contribution in [0.15, 0.2) is 24.3 Å². The Balaban J connectivity index is 0.00000210. The molecule has 1 N–H and O–H groups in total. The minimum absolute atomic E-state index is 0. The Kier molecular flexibility index (Phi) is 9.69. The van der Waals surface area contributed by atoms with Gasteiger partial charge in [0.1, 0.15) is 5.60 Å². The Morgan fingerprint density at radius 2 is 1.76 bits per heavy atom. The number of hydrogen-bond acceptors (Lipinski definition) is 4. The van der Waals surface area contributed by atoms with E-state index in [2.05, 4.69) is 10.2 Å². The molecular formula is C19H28Cl2F3N3O2. The summed E-state index contributed by atoms with van der Waals surface area (Å²) in [5, 5.41) is 3.24. The second-order valence-corrected chi connectivity index (χ2v) is 7.21. The molecular weight excluding hydrogens is 430 g/mol. The third kappa shape index (κ3) is 6.21. The second-order valence-electron chi connectivity index (χ2n) is 7.21. The van der Waals surface area contributed by atoms with Crippen molar-refractivity contribution in [3.63, 3.8) is 0 Å². The molecule has 5 nitrogen and oxygen atoms in total. The maximum atomic E-state index is 13.0. The van der Waals surface area contributed by atoms with Crippen LogP contribution in [0.3, 0.4) is 0 Å². The second kappa shape index (κ2) is 10.8. The minimum Gasteiger partial charge on any atom is -0.368 e. The first kappa shape index (κ1) is 26.0. The van der Waals surface area contributed by atoms with E-state index < -0.39 is 17.3 Å². The molecule has 1 aromatic rings. The number of methoxy groups -OCH3 is 1. The van der Waals surface area contributed by atoms with E-state index in [0.29, 0.717) is 51.1 Å². The maximum absolute atomic E-state index is 13.0. The highest BCUT2D eigenvalue weighted by Gasteiger charge is 2.43. The fourth-order valence-corrected chi connectivity index (χ4v) is 3.84. The lowest BCUT2D eigenvalue weighted by Gasteiger charge is -2.42. The van der Waals surface area contributed by atoms with Crippen LogP contribution in [0.4, 0.5) is 13.2 Å². The molecule has 0 atom stereocenters. The molecule has 1 amide bonds. The summed E-state index contributed by atoms with van der Waals surface area (Å²) in [4.78, 5) is 16.9. The summed E-state index contributed by atoms with van der Waals surface area (Å²) < 4.78 is 44.2. The molecule has 0 saturated carbocycles. The van der Waals surface area contributed by atoms with Crippen LogP contribution in [0.2, 0.25) is 0 Å². The summed E-state index contributed by atoms with van der Waals surface area (Å²) >= 11 is 0. The molecule has 166 valence electrons. The third-order valence-electron chi connectivity index (χ3n) is 5.51. The van der Waals surface area contributed by atoms with Gasteiger partial charge in [0.05, 0.1) is 5.56 Å². The molecule has 2 saturated heterocycles. The fourth-order valence-electron chi connectivity index (χ4n) is 3.84. The molecule has 2 aliphatic rings. The number of nitrogens with one attached hydrogen (secondary N) is 1. The van der Waals surface area contributed by atoms with Gasteiger partial charge in [-0.1, -0.05) is 18.2 Å². The zero-order chi connectivity index (χ0) is 19.5. The predicted octanol–water partition coefficient (Wildman–Crippen LogP) is 2.96. The first-order valence-corrected chi connectivity index (χ1v) is 9.28. The van der Waals surface area contributed by atoms with Crippen LogP contribution >= 0.6 is 24.8 Å². The number of carbonyl (C=O) groups excluding carboxylic acids is 1. The molecule has 2 aliphatic heterocycles. The summed E-state index contributed by atoms with van der Waals surface area (Å²) in [6.45, 7) is 4.38. The first-order chi connectivity index (χ1) is 12.8. The first-order valence-electron chi connectivity index (χ1n) is 9.28. The molecule has 0 spiro atoms. The van der Waals surface area contributed by atoms with E-state index in [9.17, 15) is 18.0 Å². The van der Waals surface area contributed by atoms with Gasteiger partial charge in [0.25, 0.3) is 5.91 Å². The Labute approximate surface area is 181 Å². The maximum Gasteiger partial charge on any atom is 0.416 e. The number of alkyl halides is 3. The van der Waals surface area contributed by atoms with E-state index in [1.54, 1.807) is 13.2 Å². The van der Waals surface area contributed by atoms with Crippen molar-refractivity contribution in [3.8, 4) is 0 Å². The summed E-state index contributed by atoms with van der Waals surface area (Å²) in [6.07, 6.45) is -3.01. The molecule has 2 fully saturated rings. The van der Waals surface area contributed by atoms with Gasteiger partial charge in [-0.25, -0.2) is 0 Å². The zero-order valence-electron chi connectivity index (χ0n) is 16.3. The third-order valence-corrected chi connectivity index (χ3v) is 5.51. The van der Waals surface area contributed by atoms with Gasteiger partial charge in [-0.2, -0.15) is 13.2 Å². The normalized spacial score (nSPS) is 19.8. The number of ether oxygens (including phenoxy) is 1. The van der Waals surface area contributed by atoms with Crippen molar-refractivity contribution in [1.82, 2.24) is 15.1 Å². The van der Waals surface area contributed by atoms with Crippen molar-refractivity contribution in [3.05, 3.63) is 35.4 Å². The number of carbonyl (C=O) groups is 1. The quantitative estimate of drug-likeness (QED) is 0.754. The average molecular weight is 458 g/mol. The van der Waals surface area contributed by atoms with Crippen molar-refractivity contribution in [2.24, 2.45) is 0 Å². The number of amides is 1. The molecule has 2 heterocycles. The highest BCUT2D eigenvalue weighted by atomic mass is 35.5.